The molecule has 1 fully saturated rings. The van der Waals surface area contributed by atoms with Crippen molar-refractivity contribution in [3.8, 4) is 0 Å². The molecule has 0 aliphatic carbocycles. The smallest absolute Gasteiger partial charge is 0.309 e. The monoisotopic (exact) mass is 350 g/mol. The number of nitrogens with one attached hydrogen (secondary N) is 1. The van der Waals surface area contributed by atoms with E-state index >= 15 is 0 Å². The Kier molecular flexibility index (Phi) is 5.87. The molecule has 0 bridgehead atoms. The van der Waals surface area contributed by atoms with Crippen LogP contribution in [0.2, 0.25) is 0 Å². The fourth-order valence-corrected chi connectivity index (χ4v) is 2.67. The number of carbonyl (C=O) groups is 3. The van der Waals surface area contributed by atoms with E-state index in [1.807, 2.05) is 20.8 Å². The molecule has 0 unspecified atom stereocenters. The van der Waals surface area contributed by atoms with Gasteiger partial charge in [0.2, 0.25) is 0 Å². The molecular formula is C18H26N2O5. The summed E-state index contributed by atoms with van der Waals surface area (Å²) in [6.45, 7) is 8.08. The maximum Gasteiger partial charge on any atom is 0.309 e. The number of hydrogen-bond donors (Lipinski definition) is 1. The number of piperidine rings is 1. The van der Waals surface area contributed by atoms with E-state index in [-0.39, 0.29) is 29.2 Å². The number of esters is 1. The van der Waals surface area contributed by atoms with Gasteiger partial charge < -0.3 is 19.4 Å². The minimum Gasteiger partial charge on any atom is -0.459 e. The van der Waals surface area contributed by atoms with Crippen LogP contribution in [0, 0.1) is 5.92 Å². The summed E-state index contributed by atoms with van der Waals surface area (Å²) in [5.74, 6) is -0.873. The highest BCUT2D eigenvalue weighted by atomic mass is 16.5. The van der Waals surface area contributed by atoms with Gasteiger partial charge in [0.05, 0.1) is 12.2 Å². The van der Waals surface area contributed by atoms with E-state index in [4.69, 9.17) is 9.15 Å². The first-order valence-electron chi connectivity index (χ1n) is 8.52. The minimum atomic E-state index is -0.838. The van der Waals surface area contributed by atoms with Crippen molar-refractivity contribution in [2.75, 3.05) is 13.1 Å². The molecule has 2 amide bonds. The van der Waals surface area contributed by atoms with Crippen LogP contribution in [-0.4, -0.2) is 47.4 Å². The van der Waals surface area contributed by atoms with Crippen molar-refractivity contribution >= 4 is 17.8 Å². The van der Waals surface area contributed by atoms with Crippen LogP contribution in [0.25, 0.3) is 0 Å². The second-order valence-corrected chi connectivity index (χ2v) is 7.36. The average molecular weight is 350 g/mol. The Morgan fingerprint density at radius 3 is 2.44 bits per heavy atom. The molecule has 0 spiro atoms. The van der Waals surface area contributed by atoms with Gasteiger partial charge in [0.15, 0.2) is 11.9 Å². The number of likely N-dealkylation sites (tertiary alicyclic amines) is 1. The zero-order valence-electron chi connectivity index (χ0n) is 15.2. The van der Waals surface area contributed by atoms with Crippen molar-refractivity contribution in [3.05, 3.63) is 24.2 Å². The quantitative estimate of drug-likeness (QED) is 0.839. The van der Waals surface area contributed by atoms with Gasteiger partial charge in [-0.1, -0.05) is 0 Å². The molecule has 0 saturated carbocycles. The summed E-state index contributed by atoms with van der Waals surface area (Å²) in [5.41, 5.74) is -0.380. The molecule has 1 aromatic rings. The average Bonchev–Trinajstić information content (AvgIpc) is 3.07. The molecule has 0 aromatic carbocycles. The van der Waals surface area contributed by atoms with E-state index in [0.29, 0.717) is 31.7 Å². The van der Waals surface area contributed by atoms with Crippen molar-refractivity contribution in [3.63, 3.8) is 0 Å². The predicted octanol–water partition coefficient (Wildman–Crippen LogP) is 1.98. The van der Waals surface area contributed by atoms with Gasteiger partial charge in [0.25, 0.3) is 11.8 Å². The number of carbonyl (C=O) groups excluding carboxylic acids is 3. The topological polar surface area (TPSA) is 88.8 Å². The van der Waals surface area contributed by atoms with E-state index in [1.54, 1.807) is 24.0 Å². The molecule has 1 atom stereocenters. The van der Waals surface area contributed by atoms with E-state index in [9.17, 15) is 14.4 Å². The summed E-state index contributed by atoms with van der Waals surface area (Å²) < 4.78 is 10.4. The van der Waals surface area contributed by atoms with Gasteiger partial charge in [-0.05, 0) is 52.7 Å². The third-order valence-corrected chi connectivity index (χ3v) is 4.01. The summed E-state index contributed by atoms with van der Waals surface area (Å²) in [6, 6.07) is 3.29. The molecule has 7 heteroatoms. The Morgan fingerprint density at radius 2 is 1.92 bits per heavy atom. The van der Waals surface area contributed by atoms with Crippen LogP contribution in [-0.2, 0) is 14.3 Å². The molecular weight excluding hydrogens is 324 g/mol. The highest BCUT2D eigenvalue weighted by Gasteiger charge is 2.31. The van der Waals surface area contributed by atoms with Gasteiger partial charge >= 0.3 is 5.97 Å². The van der Waals surface area contributed by atoms with E-state index in [2.05, 4.69) is 5.32 Å². The molecule has 1 N–H and O–H groups in total. The highest BCUT2D eigenvalue weighted by Crippen LogP contribution is 2.21. The summed E-state index contributed by atoms with van der Waals surface area (Å²) in [4.78, 5) is 38.1. The van der Waals surface area contributed by atoms with Crippen molar-refractivity contribution < 1.29 is 23.5 Å². The number of rotatable bonds is 4. The zero-order chi connectivity index (χ0) is 18.6. The van der Waals surface area contributed by atoms with Gasteiger partial charge in [-0.3, -0.25) is 14.4 Å². The van der Waals surface area contributed by atoms with Crippen LogP contribution >= 0.6 is 0 Å². The second kappa shape index (κ2) is 7.72. The van der Waals surface area contributed by atoms with Crippen LogP contribution in [0.5, 0.6) is 0 Å². The lowest BCUT2D eigenvalue weighted by Gasteiger charge is -2.31. The van der Waals surface area contributed by atoms with Gasteiger partial charge in [-0.2, -0.15) is 0 Å². The second-order valence-electron chi connectivity index (χ2n) is 7.36. The molecule has 2 heterocycles. The van der Waals surface area contributed by atoms with Crippen LogP contribution in [0.15, 0.2) is 22.8 Å². The van der Waals surface area contributed by atoms with Crippen molar-refractivity contribution in [1.82, 2.24) is 10.2 Å². The molecule has 0 radical (unpaired) electrons. The van der Waals surface area contributed by atoms with Crippen LogP contribution in [0.1, 0.15) is 51.1 Å². The fourth-order valence-electron chi connectivity index (χ4n) is 2.67. The van der Waals surface area contributed by atoms with Crippen molar-refractivity contribution in [2.45, 2.75) is 52.2 Å². The lowest BCUT2D eigenvalue weighted by Crippen LogP contribution is -2.47. The number of amides is 2. The third kappa shape index (κ3) is 5.34. The zero-order valence-corrected chi connectivity index (χ0v) is 15.2. The number of nitrogens with zero attached hydrogens (tertiary/aromatic N) is 1. The Hall–Kier alpha value is -2.31. The number of ether oxygens (including phenoxy) is 1. The lowest BCUT2D eigenvalue weighted by molar-refractivity contribution is -0.160. The van der Waals surface area contributed by atoms with E-state index < -0.39 is 6.10 Å². The Labute approximate surface area is 147 Å². The molecule has 138 valence electrons. The maximum atomic E-state index is 12.3. The maximum absolute atomic E-state index is 12.3. The predicted molar refractivity (Wildman–Crippen MR) is 90.8 cm³/mol. The van der Waals surface area contributed by atoms with Gasteiger partial charge in [-0.15, -0.1) is 0 Å². The first-order valence-corrected chi connectivity index (χ1v) is 8.52. The Morgan fingerprint density at radius 1 is 1.28 bits per heavy atom. The van der Waals surface area contributed by atoms with Gasteiger partial charge in [0.1, 0.15) is 0 Å². The van der Waals surface area contributed by atoms with Gasteiger partial charge in [-0.25, -0.2) is 0 Å². The van der Waals surface area contributed by atoms with Crippen molar-refractivity contribution in [2.24, 2.45) is 5.92 Å². The van der Waals surface area contributed by atoms with E-state index in [0.717, 1.165) is 0 Å². The number of hydrogen-bond acceptors (Lipinski definition) is 5. The van der Waals surface area contributed by atoms with Crippen LogP contribution < -0.4 is 5.32 Å². The molecule has 1 aliphatic heterocycles. The first-order chi connectivity index (χ1) is 11.7. The minimum absolute atomic E-state index is 0.172. The summed E-state index contributed by atoms with van der Waals surface area (Å²) in [5, 5.41) is 2.79. The molecule has 1 saturated heterocycles. The Bertz CT molecular complexity index is 610. The highest BCUT2D eigenvalue weighted by molar-refractivity contribution is 5.91. The Balaban J connectivity index is 1.81. The standard InChI is InChI=1S/C18H26N2O5/c1-12(15(21)19-18(2,3)4)25-17(23)13-7-9-20(10-8-13)16(22)14-6-5-11-24-14/h5-6,11-13H,7-10H2,1-4H3,(H,19,21)/t12-/m0/s1. The largest absolute Gasteiger partial charge is 0.459 e. The molecule has 2 rings (SSSR count). The van der Waals surface area contributed by atoms with Crippen molar-refractivity contribution in [1.29, 1.82) is 0 Å². The normalized spacial score (nSPS) is 17.0. The molecule has 1 aromatic heterocycles. The summed E-state index contributed by atoms with van der Waals surface area (Å²) in [6.07, 6.45) is 1.65. The molecule has 7 nitrogen and oxygen atoms in total. The SMILES string of the molecule is C[C@H](OC(=O)C1CCN(C(=O)c2ccco2)CC1)C(=O)NC(C)(C)C. The summed E-state index contributed by atoms with van der Waals surface area (Å²) in [7, 11) is 0. The fraction of sp³-hybridized carbons (Fsp3) is 0.611. The molecule has 1 aliphatic rings. The van der Waals surface area contributed by atoms with Crippen LogP contribution in [0.4, 0.5) is 0 Å². The van der Waals surface area contributed by atoms with Crippen LogP contribution in [0.3, 0.4) is 0 Å². The third-order valence-electron chi connectivity index (χ3n) is 4.01. The lowest BCUT2D eigenvalue weighted by atomic mass is 9.97. The summed E-state index contributed by atoms with van der Waals surface area (Å²) >= 11 is 0. The number of furan rings is 1. The molecule has 25 heavy (non-hydrogen) atoms. The first kappa shape index (κ1) is 19.0. The van der Waals surface area contributed by atoms with E-state index in [1.165, 1.54) is 6.26 Å². The van der Waals surface area contributed by atoms with Gasteiger partial charge in [0, 0.05) is 18.6 Å².